The van der Waals surface area contributed by atoms with E-state index in [0.717, 1.165) is 6.54 Å². The van der Waals surface area contributed by atoms with Gasteiger partial charge >= 0.3 is 0 Å². The SMILES string of the molecule is CC(CS(C)=O)NC(=O)CCNC1CC1. The van der Waals surface area contributed by atoms with Crippen molar-refractivity contribution >= 4 is 16.7 Å². The lowest BCUT2D eigenvalue weighted by molar-refractivity contribution is -0.121. The van der Waals surface area contributed by atoms with Crippen LogP contribution in [-0.4, -0.2) is 40.8 Å². The van der Waals surface area contributed by atoms with E-state index in [2.05, 4.69) is 10.6 Å². The van der Waals surface area contributed by atoms with Crippen molar-refractivity contribution in [2.75, 3.05) is 18.6 Å². The van der Waals surface area contributed by atoms with Crippen molar-refractivity contribution in [1.29, 1.82) is 0 Å². The third kappa shape index (κ3) is 6.62. The van der Waals surface area contributed by atoms with Crippen LogP contribution < -0.4 is 10.6 Å². The summed E-state index contributed by atoms with van der Waals surface area (Å²) in [7, 11) is -0.845. The first kappa shape index (κ1) is 12.6. The van der Waals surface area contributed by atoms with E-state index in [1.165, 1.54) is 12.8 Å². The van der Waals surface area contributed by atoms with Crippen molar-refractivity contribution in [2.24, 2.45) is 0 Å². The fourth-order valence-corrected chi connectivity index (χ4v) is 2.21. The topological polar surface area (TPSA) is 58.2 Å². The summed E-state index contributed by atoms with van der Waals surface area (Å²) in [5, 5.41) is 6.11. The summed E-state index contributed by atoms with van der Waals surface area (Å²) in [6.07, 6.45) is 4.65. The van der Waals surface area contributed by atoms with Gasteiger partial charge in [-0.3, -0.25) is 9.00 Å². The average molecular weight is 232 g/mol. The van der Waals surface area contributed by atoms with Crippen LogP contribution in [0.4, 0.5) is 0 Å². The van der Waals surface area contributed by atoms with Crippen LogP contribution in [0.5, 0.6) is 0 Å². The third-order valence-electron chi connectivity index (χ3n) is 2.25. The Labute approximate surface area is 93.7 Å². The largest absolute Gasteiger partial charge is 0.353 e. The number of nitrogens with one attached hydrogen (secondary N) is 2. The van der Waals surface area contributed by atoms with Gasteiger partial charge in [0.1, 0.15) is 0 Å². The Bertz CT molecular complexity index is 242. The smallest absolute Gasteiger partial charge is 0.221 e. The molecule has 0 heterocycles. The molecular formula is C10H20N2O2S. The predicted octanol–water partition coefficient (Wildman–Crippen LogP) is 0.0117. The van der Waals surface area contributed by atoms with Gasteiger partial charge in [-0.1, -0.05) is 0 Å². The summed E-state index contributed by atoms with van der Waals surface area (Å²) in [5.41, 5.74) is 0. The van der Waals surface area contributed by atoms with E-state index in [-0.39, 0.29) is 11.9 Å². The van der Waals surface area contributed by atoms with Crippen LogP contribution >= 0.6 is 0 Å². The lowest BCUT2D eigenvalue weighted by Gasteiger charge is -2.12. The molecule has 5 heteroatoms. The first-order valence-electron chi connectivity index (χ1n) is 5.40. The zero-order valence-electron chi connectivity index (χ0n) is 9.41. The molecule has 15 heavy (non-hydrogen) atoms. The van der Waals surface area contributed by atoms with Gasteiger partial charge in [-0.15, -0.1) is 0 Å². The van der Waals surface area contributed by atoms with E-state index in [1.807, 2.05) is 6.92 Å². The van der Waals surface area contributed by atoms with E-state index in [4.69, 9.17) is 0 Å². The zero-order chi connectivity index (χ0) is 11.3. The van der Waals surface area contributed by atoms with Gasteiger partial charge in [0, 0.05) is 47.9 Å². The molecule has 0 radical (unpaired) electrons. The molecule has 0 spiro atoms. The maximum Gasteiger partial charge on any atom is 0.221 e. The maximum absolute atomic E-state index is 11.4. The summed E-state index contributed by atoms with van der Waals surface area (Å²) in [6, 6.07) is 0.655. The summed E-state index contributed by atoms with van der Waals surface area (Å²) in [6.45, 7) is 2.63. The highest BCUT2D eigenvalue weighted by molar-refractivity contribution is 7.84. The minimum atomic E-state index is -0.845. The lowest BCUT2D eigenvalue weighted by atomic mass is 10.3. The predicted molar refractivity (Wildman–Crippen MR) is 62.2 cm³/mol. The van der Waals surface area contributed by atoms with Crippen LogP contribution in [0.15, 0.2) is 0 Å². The summed E-state index contributed by atoms with van der Waals surface area (Å²) in [4.78, 5) is 11.4. The van der Waals surface area contributed by atoms with Crippen molar-refractivity contribution in [3.8, 4) is 0 Å². The van der Waals surface area contributed by atoms with Crippen LogP contribution in [0, 0.1) is 0 Å². The van der Waals surface area contributed by atoms with Crippen LogP contribution in [0.2, 0.25) is 0 Å². The fraction of sp³-hybridized carbons (Fsp3) is 0.900. The van der Waals surface area contributed by atoms with Crippen molar-refractivity contribution in [2.45, 2.75) is 38.3 Å². The first-order chi connectivity index (χ1) is 7.08. The number of carbonyl (C=O) groups excluding carboxylic acids is 1. The van der Waals surface area contributed by atoms with Crippen LogP contribution in [-0.2, 0) is 15.6 Å². The molecule has 0 aromatic rings. The number of amides is 1. The molecule has 0 saturated heterocycles. The highest BCUT2D eigenvalue weighted by Crippen LogP contribution is 2.18. The number of hydrogen-bond acceptors (Lipinski definition) is 3. The molecule has 2 unspecified atom stereocenters. The molecule has 4 nitrogen and oxygen atoms in total. The average Bonchev–Trinajstić information content (AvgIpc) is 2.85. The van der Waals surface area contributed by atoms with Crippen molar-refractivity contribution in [3.05, 3.63) is 0 Å². The summed E-state index contributed by atoms with van der Waals surface area (Å²) in [5.74, 6) is 0.572. The van der Waals surface area contributed by atoms with E-state index in [0.29, 0.717) is 18.2 Å². The Morgan fingerprint density at radius 3 is 2.73 bits per heavy atom. The normalized spacial score (nSPS) is 19.6. The van der Waals surface area contributed by atoms with Gasteiger partial charge in [-0.25, -0.2) is 0 Å². The van der Waals surface area contributed by atoms with Crippen molar-refractivity contribution in [3.63, 3.8) is 0 Å². The molecule has 1 aliphatic carbocycles. The van der Waals surface area contributed by atoms with Gasteiger partial charge < -0.3 is 10.6 Å². The summed E-state index contributed by atoms with van der Waals surface area (Å²) >= 11 is 0. The standard InChI is InChI=1S/C10H20N2O2S/c1-8(7-15(2)14)12-10(13)5-6-11-9-3-4-9/h8-9,11H,3-7H2,1-2H3,(H,12,13). The highest BCUT2D eigenvalue weighted by atomic mass is 32.2. The molecule has 0 aliphatic heterocycles. The third-order valence-corrected chi connectivity index (χ3v) is 3.22. The van der Waals surface area contributed by atoms with Gasteiger partial charge in [-0.05, 0) is 19.8 Å². The second-order valence-corrected chi connectivity index (χ2v) is 5.67. The molecule has 0 aromatic heterocycles. The first-order valence-corrected chi connectivity index (χ1v) is 7.13. The molecule has 1 aliphatic rings. The number of hydrogen-bond donors (Lipinski definition) is 2. The molecule has 1 fully saturated rings. The van der Waals surface area contributed by atoms with Gasteiger partial charge in [0.25, 0.3) is 0 Å². The molecule has 1 rings (SSSR count). The fourth-order valence-electron chi connectivity index (χ4n) is 1.42. The monoisotopic (exact) mass is 232 g/mol. The maximum atomic E-state index is 11.4. The second-order valence-electron chi connectivity index (χ2n) is 4.19. The Balaban J connectivity index is 2.02. The van der Waals surface area contributed by atoms with Gasteiger partial charge in [0.05, 0.1) is 0 Å². The van der Waals surface area contributed by atoms with Crippen molar-refractivity contribution < 1.29 is 9.00 Å². The zero-order valence-corrected chi connectivity index (χ0v) is 10.2. The van der Waals surface area contributed by atoms with Crippen molar-refractivity contribution in [1.82, 2.24) is 10.6 Å². The Morgan fingerprint density at radius 1 is 1.53 bits per heavy atom. The highest BCUT2D eigenvalue weighted by Gasteiger charge is 2.20. The van der Waals surface area contributed by atoms with Gasteiger partial charge in [-0.2, -0.15) is 0 Å². The minimum Gasteiger partial charge on any atom is -0.353 e. The Morgan fingerprint density at radius 2 is 2.20 bits per heavy atom. The second kappa shape index (κ2) is 6.23. The molecule has 0 bridgehead atoms. The lowest BCUT2D eigenvalue weighted by Crippen LogP contribution is -2.37. The molecule has 1 saturated carbocycles. The molecular weight excluding hydrogens is 212 g/mol. The molecule has 1 amide bonds. The van der Waals surface area contributed by atoms with E-state index in [1.54, 1.807) is 6.26 Å². The molecule has 2 atom stereocenters. The number of rotatable bonds is 7. The van der Waals surface area contributed by atoms with Crippen LogP contribution in [0.1, 0.15) is 26.2 Å². The van der Waals surface area contributed by atoms with Gasteiger partial charge in [0.2, 0.25) is 5.91 Å². The van der Waals surface area contributed by atoms with E-state index >= 15 is 0 Å². The minimum absolute atomic E-state index is 0.00394. The number of carbonyl (C=O) groups is 1. The Hall–Kier alpha value is -0.420. The van der Waals surface area contributed by atoms with Crippen LogP contribution in [0.3, 0.4) is 0 Å². The Kier molecular flexibility index (Phi) is 5.25. The van der Waals surface area contributed by atoms with Crippen LogP contribution in [0.25, 0.3) is 0 Å². The van der Waals surface area contributed by atoms with E-state index in [9.17, 15) is 9.00 Å². The molecule has 0 aromatic carbocycles. The van der Waals surface area contributed by atoms with E-state index < -0.39 is 10.8 Å². The molecule has 88 valence electrons. The molecule has 2 N–H and O–H groups in total. The quantitative estimate of drug-likeness (QED) is 0.650. The summed E-state index contributed by atoms with van der Waals surface area (Å²) < 4.78 is 10.9. The van der Waals surface area contributed by atoms with Gasteiger partial charge in [0.15, 0.2) is 0 Å².